The Hall–Kier alpha value is -3.48. The van der Waals surface area contributed by atoms with Gasteiger partial charge in [0.2, 0.25) is 11.8 Å². The maximum absolute atomic E-state index is 13.8. The molecule has 4 atom stereocenters. The zero-order valence-corrected chi connectivity index (χ0v) is 18.5. The van der Waals surface area contributed by atoms with Gasteiger partial charge in [-0.05, 0) is 45.4 Å². The normalized spacial score (nSPS) is 29.2. The number of hydrogen-bond acceptors (Lipinski definition) is 4. The van der Waals surface area contributed by atoms with Gasteiger partial charge in [-0.1, -0.05) is 47.5 Å². The Morgan fingerprint density at radius 2 is 1.41 bits per heavy atom. The Kier molecular flexibility index (Phi) is 4.31. The van der Waals surface area contributed by atoms with Crippen molar-refractivity contribution in [2.45, 2.75) is 39.3 Å². The van der Waals surface area contributed by atoms with E-state index in [1.165, 1.54) is 9.80 Å². The summed E-state index contributed by atoms with van der Waals surface area (Å²) in [4.78, 5) is 58.0. The molecule has 0 spiro atoms. The summed E-state index contributed by atoms with van der Waals surface area (Å²) in [7, 11) is 0. The molecule has 5 amide bonds. The van der Waals surface area contributed by atoms with Crippen LogP contribution in [0.3, 0.4) is 0 Å². The van der Waals surface area contributed by atoms with E-state index >= 15 is 0 Å². The van der Waals surface area contributed by atoms with Crippen LogP contribution in [-0.2, 0) is 14.4 Å². The Morgan fingerprint density at radius 1 is 0.844 bits per heavy atom. The number of urea groups is 1. The van der Waals surface area contributed by atoms with E-state index in [0.29, 0.717) is 5.69 Å². The monoisotopic (exact) mass is 431 g/mol. The lowest BCUT2D eigenvalue weighted by Gasteiger charge is -2.32. The number of amides is 5. The predicted molar refractivity (Wildman–Crippen MR) is 118 cm³/mol. The molecule has 164 valence electrons. The average molecular weight is 431 g/mol. The SMILES string of the molecule is CCN1C(=O)C2C(c3ccc(C)cc3)N3C(=O)N(c4ccc(C)cc4)C(=O)[C@@]3(C)C2C1=O. The van der Waals surface area contributed by atoms with E-state index in [4.69, 9.17) is 0 Å². The third-order valence-electron chi connectivity index (χ3n) is 7.23. The van der Waals surface area contributed by atoms with Crippen molar-refractivity contribution in [1.82, 2.24) is 9.80 Å². The summed E-state index contributed by atoms with van der Waals surface area (Å²) >= 11 is 0. The van der Waals surface area contributed by atoms with Crippen LogP contribution in [0.1, 0.15) is 36.6 Å². The molecule has 3 fully saturated rings. The lowest BCUT2D eigenvalue weighted by molar-refractivity contribution is -0.143. The molecule has 3 saturated heterocycles. The molecular formula is C25H25N3O4. The maximum atomic E-state index is 13.8. The minimum Gasteiger partial charge on any atom is -0.301 e. The van der Waals surface area contributed by atoms with Crippen LogP contribution in [0, 0.1) is 25.7 Å². The Bertz CT molecular complexity index is 1160. The summed E-state index contributed by atoms with van der Waals surface area (Å²) < 4.78 is 0. The highest BCUT2D eigenvalue weighted by molar-refractivity contribution is 6.26. The Labute approximate surface area is 186 Å². The quantitative estimate of drug-likeness (QED) is 0.552. The molecule has 32 heavy (non-hydrogen) atoms. The van der Waals surface area contributed by atoms with Gasteiger partial charge in [-0.25, -0.2) is 9.69 Å². The van der Waals surface area contributed by atoms with Crippen LogP contribution in [0.15, 0.2) is 48.5 Å². The van der Waals surface area contributed by atoms with Crippen LogP contribution in [0.25, 0.3) is 0 Å². The predicted octanol–water partition coefficient (Wildman–Crippen LogP) is 3.21. The molecule has 2 aromatic carbocycles. The van der Waals surface area contributed by atoms with Gasteiger partial charge in [-0.2, -0.15) is 0 Å². The van der Waals surface area contributed by atoms with Crippen molar-refractivity contribution in [3.8, 4) is 0 Å². The molecule has 0 radical (unpaired) electrons. The van der Waals surface area contributed by atoms with E-state index in [1.54, 1.807) is 26.0 Å². The first-order chi connectivity index (χ1) is 15.2. The van der Waals surface area contributed by atoms with E-state index in [-0.39, 0.29) is 18.4 Å². The number of carbonyl (C=O) groups is 4. The molecule has 3 heterocycles. The lowest BCUT2D eigenvalue weighted by Crippen LogP contribution is -2.51. The van der Waals surface area contributed by atoms with E-state index in [1.807, 2.05) is 50.2 Å². The molecule has 0 saturated carbocycles. The van der Waals surface area contributed by atoms with Crippen LogP contribution < -0.4 is 4.90 Å². The number of nitrogens with zero attached hydrogens (tertiary/aromatic N) is 3. The molecule has 7 nitrogen and oxygen atoms in total. The minimum absolute atomic E-state index is 0.241. The van der Waals surface area contributed by atoms with E-state index < -0.39 is 35.4 Å². The van der Waals surface area contributed by atoms with Gasteiger partial charge in [0, 0.05) is 6.54 Å². The maximum Gasteiger partial charge on any atom is 0.332 e. The lowest BCUT2D eigenvalue weighted by atomic mass is 9.79. The fraction of sp³-hybridized carbons (Fsp3) is 0.360. The number of benzene rings is 2. The van der Waals surface area contributed by atoms with Crippen molar-refractivity contribution >= 4 is 29.4 Å². The van der Waals surface area contributed by atoms with Gasteiger partial charge in [-0.3, -0.25) is 19.3 Å². The molecule has 3 aliphatic rings. The van der Waals surface area contributed by atoms with Crippen molar-refractivity contribution in [2.75, 3.05) is 11.4 Å². The number of rotatable bonds is 3. The summed E-state index contributed by atoms with van der Waals surface area (Å²) in [5, 5.41) is 0. The molecule has 0 bridgehead atoms. The summed E-state index contributed by atoms with van der Waals surface area (Å²) in [6.07, 6.45) is 0. The number of anilines is 1. The van der Waals surface area contributed by atoms with Gasteiger partial charge in [0.15, 0.2) is 0 Å². The fourth-order valence-corrected chi connectivity index (χ4v) is 5.59. The van der Waals surface area contributed by atoms with E-state index in [9.17, 15) is 19.2 Å². The summed E-state index contributed by atoms with van der Waals surface area (Å²) in [5.74, 6) is -2.84. The zero-order chi connectivity index (χ0) is 22.9. The molecule has 0 aromatic heterocycles. The second-order valence-electron chi connectivity index (χ2n) is 9.06. The van der Waals surface area contributed by atoms with Gasteiger partial charge in [0.25, 0.3) is 5.91 Å². The van der Waals surface area contributed by atoms with Gasteiger partial charge in [-0.15, -0.1) is 0 Å². The van der Waals surface area contributed by atoms with Gasteiger partial charge >= 0.3 is 6.03 Å². The molecule has 2 aromatic rings. The van der Waals surface area contributed by atoms with E-state index in [2.05, 4.69) is 0 Å². The topological polar surface area (TPSA) is 78.0 Å². The third-order valence-corrected chi connectivity index (χ3v) is 7.23. The first kappa shape index (κ1) is 20.4. The Morgan fingerprint density at radius 3 is 1.97 bits per heavy atom. The summed E-state index contributed by atoms with van der Waals surface area (Å²) in [5.41, 5.74) is 1.83. The average Bonchev–Trinajstić information content (AvgIpc) is 3.27. The van der Waals surface area contributed by atoms with E-state index in [0.717, 1.165) is 21.6 Å². The van der Waals surface area contributed by atoms with Crippen molar-refractivity contribution in [3.05, 3.63) is 65.2 Å². The first-order valence-corrected chi connectivity index (χ1v) is 10.9. The number of aryl methyl sites for hydroxylation is 2. The zero-order valence-electron chi connectivity index (χ0n) is 18.5. The smallest absolute Gasteiger partial charge is 0.301 e. The number of likely N-dealkylation sites (tertiary alicyclic amines) is 1. The molecule has 3 unspecified atom stereocenters. The first-order valence-electron chi connectivity index (χ1n) is 10.9. The molecule has 0 N–H and O–H groups in total. The van der Waals surface area contributed by atoms with Crippen LogP contribution in [0.4, 0.5) is 10.5 Å². The second-order valence-corrected chi connectivity index (χ2v) is 9.06. The number of fused-ring (bicyclic) bond motifs is 3. The standard InChI is InChI=1S/C25H25N3O4/c1-5-26-21(29)18-19(22(26)30)25(4)23(31)27(17-12-8-15(3)9-13-17)24(32)28(25)20(18)16-10-6-14(2)7-11-16/h6-13,18-20H,5H2,1-4H3/t18?,19?,20?,25-/m1/s1. The van der Waals surface area contributed by atoms with Crippen molar-refractivity contribution in [2.24, 2.45) is 11.8 Å². The van der Waals surface area contributed by atoms with Gasteiger partial charge < -0.3 is 4.90 Å². The van der Waals surface area contributed by atoms with Crippen molar-refractivity contribution in [3.63, 3.8) is 0 Å². The second kappa shape index (κ2) is 6.76. The van der Waals surface area contributed by atoms with Gasteiger partial charge in [0.05, 0.1) is 23.6 Å². The number of imide groups is 2. The molecular weight excluding hydrogens is 406 g/mol. The van der Waals surface area contributed by atoms with Crippen LogP contribution in [-0.4, -0.2) is 45.6 Å². The van der Waals surface area contributed by atoms with Crippen LogP contribution in [0.2, 0.25) is 0 Å². The van der Waals surface area contributed by atoms with Crippen molar-refractivity contribution in [1.29, 1.82) is 0 Å². The highest BCUT2D eigenvalue weighted by Gasteiger charge is 2.75. The highest BCUT2D eigenvalue weighted by Crippen LogP contribution is 2.58. The summed E-state index contributed by atoms with van der Waals surface area (Å²) in [6.45, 7) is 7.51. The minimum atomic E-state index is -1.43. The molecule has 5 rings (SSSR count). The van der Waals surface area contributed by atoms with Gasteiger partial charge in [0.1, 0.15) is 5.54 Å². The molecule has 7 heteroatoms. The molecule has 0 aliphatic carbocycles. The highest BCUT2D eigenvalue weighted by atomic mass is 16.2. The fourth-order valence-electron chi connectivity index (χ4n) is 5.59. The Balaban J connectivity index is 1.70. The van der Waals surface area contributed by atoms with Crippen LogP contribution in [0.5, 0.6) is 0 Å². The van der Waals surface area contributed by atoms with Crippen molar-refractivity contribution < 1.29 is 19.2 Å². The van der Waals surface area contributed by atoms with Crippen LogP contribution >= 0.6 is 0 Å². The molecule has 3 aliphatic heterocycles. The summed E-state index contributed by atoms with van der Waals surface area (Å²) in [6, 6.07) is 13.5. The number of hydrogen-bond donors (Lipinski definition) is 0. The largest absolute Gasteiger partial charge is 0.332 e. The third kappa shape index (κ3) is 2.42. The number of carbonyl (C=O) groups excluding carboxylic acids is 4.